The lowest BCUT2D eigenvalue weighted by Gasteiger charge is -2.10. The minimum absolute atomic E-state index is 0.0486. The molecule has 0 fully saturated rings. The highest BCUT2D eigenvalue weighted by atomic mass is 79.9. The van der Waals surface area contributed by atoms with E-state index in [0.717, 1.165) is 19.4 Å². The molecule has 0 bridgehead atoms. The summed E-state index contributed by atoms with van der Waals surface area (Å²) in [6, 6.07) is 10.1. The lowest BCUT2D eigenvalue weighted by atomic mass is 10.1. The first-order chi connectivity index (χ1) is 7.18. The molecule has 1 heterocycles. The maximum absolute atomic E-state index is 6.18. The van der Waals surface area contributed by atoms with E-state index in [4.69, 9.17) is 5.73 Å². The van der Waals surface area contributed by atoms with Gasteiger partial charge in [-0.05, 0) is 45.1 Å². The zero-order valence-electron chi connectivity index (χ0n) is 7.78. The molecule has 2 aromatic rings. The summed E-state index contributed by atoms with van der Waals surface area (Å²) in [7, 11) is 0. The second kappa shape index (κ2) is 4.78. The van der Waals surface area contributed by atoms with Gasteiger partial charge in [-0.1, -0.05) is 28.1 Å². The van der Waals surface area contributed by atoms with Crippen LogP contribution in [0.15, 0.2) is 44.7 Å². The van der Waals surface area contributed by atoms with Crippen molar-refractivity contribution in [2.75, 3.05) is 0 Å². The molecule has 2 rings (SSSR count). The number of benzene rings is 1. The average Bonchev–Trinajstić information content (AvgIpc) is 2.65. The van der Waals surface area contributed by atoms with Gasteiger partial charge in [-0.15, -0.1) is 11.3 Å². The molecule has 0 aliphatic heterocycles. The van der Waals surface area contributed by atoms with Crippen LogP contribution in [0.5, 0.6) is 0 Å². The fourth-order valence-electron chi connectivity index (χ4n) is 1.35. The van der Waals surface area contributed by atoms with Crippen LogP contribution in [0.2, 0.25) is 0 Å². The molecule has 2 N–H and O–H groups in total. The molecule has 0 radical (unpaired) electrons. The summed E-state index contributed by atoms with van der Waals surface area (Å²) in [4.78, 5) is 1.16. The van der Waals surface area contributed by atoms with Crippen LogP contribution >= 0.6 is 43.2 Å². The van der Waals surface area contributed by atoms with Crippen LogP contribution in [-0.2, 0) is 0 Å². The van der Waals surface area contributed by atoms with Crippen molar-refractivity contribution in [2.24, 2.45) is 5.73 Å². The van der Waals surface area contributed by atoms with Gasteiger partial charge in [-0.3, -0.25) is 0 Å². The van der Waals surface area contributed by atoms with Gasteiger partial charge in [0.1, 0.15) is 0 Å². The van der Waals surface area contributed by atoms with Gasteiger partial charge in [0, 0.05) is 13.8 Å². The van der Waals surface area contributed by atoms with Crippen molar-refractivity contribution in [1.29, 1.82) is 0 Å². The van der Waals surface area contributed by atoms with Gasteiger partial charge in [-0.25, -0.2) is 0 Å². The highest BCUT2D eigenvalue weighted by Gasteiger charge is 2.13. The van der Waals surface area contributed by atoms with Gasteiger partial charge >= 0.3 is 0 Å². The summed E-state index contributed by atoms with van der Waals surface area (Å²) in [6.07, 6.45) is 0. The van der Waals surface area contributed by atoms with Crippen LogP contribution in [0.4, 0.5) is 0 Å². The third-order valence-electron chi connectivity index (χ3n) is 2.16. The Labute approximate surface area is 110 Å². The lowest BCUT2D eigenvalue weighted by Crippen LogP contribution is -2.10. The summed E-state index contributed by atoms with van der Waals surface area (Å²) in [6.45, 7) is 0. The van der Waals surface area contributed by atoms with Gasteiger partial charge in [0.25, 0.3) is 0 Å². The molecule has 15 heavy (non-hydrogen) atoms. The summed E-state index contributed by atoms with van der Waals surface area (Å²) in [5.74, 6) is 0. The zero-order chi connectivity index (χ0) is 10.8. The van der Waals surface area contributed by atoms with Crippen LogP contribution in [-0.4, -0.2) is 0 Å². The first kappa shape index (κ1) is 11.3. The molecule has 1 aromatic carbocycles. The summed E-state index contributed by atoms with van der Waals surface area (Å²) in [5.41, 5.74) is 7.30. The Hall–Kier alpha value is -0.160. The average molecular weight is 347 g/mol. The Kier molecular flexibility index (Phi) is 3.61. The predicted octanol–water partition coefficient (Wildman–Crippen LogP) is 4.32. The van der Waals surface area contributed by atoms with Crippen LogP contribution in [0, 0.1) is 0 Å². The molecular formula is C11H9Br2NS. The van der Waals surface area contributed by atoms with Crippen molar-refractivity contribution in [3.8, 4) is 0 Å². The van der Waals surface area contributed by atoms with Gasteiger partial charge in [-0.2, -0.15) is 0 Å². The van der Waals surface area contributed by atoms with E-state index < -0.39 is 0 Å². The number of nitrogens with two attached hydrogens (primary N) is 1. The molecule has 0 spiro atoms. The van der Waals surface area contributed by atoms with Gasteiger partial charge < -0.3 is 5.73 Å². The predicted molar refractivity (Wildman–Crippen MR) is 72.2 cm³/mol. The van der Waals surface area contributed by atoms with E-state index in [-0.39, 0.29) is 6.04 Å². The Morgan fingerprint density at radius 2 is 1.73 bits per heavy atom. The SMILES string of the molecule is NC(c1ccc(Br)cc1)c1sccc1Br. The third kappa shape index (κ3) is 2.50. The zero-order valence-corrected chi connectivity index (χ0v) is 11.8. The van der Waals surface area contributed by atoms with Crippen LogP contribution in [0.3, 0.4) is 0 Å². The van der Waals surface area contributed by atoms with Gasteiger partial charge in [0.2, 0.25) is 0 Å². The topological polar surface area (TPSA) is 26.0 Å². The molecule has 0 amide bonds. The van der Waals surface area contributed by atoms with E-state index in [2.05, 4.69) is 31.9 Å². The lowest BCUT2D eigenvalue weighted by molar-refractivity contribution is 0.888. The first-order valence-corrected chi connectivity index (χ1v) is 6.89. The van der Waals surface area contributed by atoms with Crippen molar-refractivity contribution in [2.45, 2.75) is 6.04 Å². The maximum atomic E-state index is 6.18. The van der Waals surface area contributed by atoms with Gasteiger partial charge in [0.15, 0.2) is 0 Å². The molecule has 4 heteroatoms. The van der Waals surface area contributed by atoms with Crippen LogP contribution in [0.1, 0.15) is 16.5 Å². The van der Waals surface area contributed by atoms with Crippen molar-refractivity contribution in [1.82, 2.24) is 0 Å². The molecule has 0 aliphatic carbocycles. The normalized spacial score (nSPS) is 12.7. The Bertz CT molecular complexity index is 450. The number of rotatable bonds is 2. The molecule has 78 valence electrons. The van der Waals surface area contributed by atoms with Crippen molar-refractivity contribution in [3.05, 3.63) is 55.1 Å². The molecule has 0 aliphatic rings. The molecule has 1 nitrogen and oxygen atoms in total. The molecule has 1 aromatic heterocycles. The van der Waals surface area contributed by atoms with E-state index in [1.807, 2.05) is 35.7 Å². The second-order valence-electron chi connectivity index (χ2n) is 3.16. The number of thiophene rings is 1. The number of hydrogen-bond acceptors (Lipinski definition) is 2. The fraction of sp³-hybridized carbons (Fsp3) is 0.0909. The molecular weight excluding hydrogens is 338 g/mol. The molecule has 0 saturated heterocycles. The van der Waals surface area contributed by atoms with E-state index >= 15 is 0 Å². The van der Waals surface area contributed by atoms with E-state index in [0.29, 0.717) is 0 Å². The Balaban J connectivity index is 2.32. The Morgan fingerprint density at radius 1 is 1.07 bits per heavy atom. The Morgan fingerprint density at radius 3 is 2.27 bits per heavy atom. The molecule has 1 unspecified atom stereocenters. The largest absolute Gasteiger partial charge is 0.320 e. The highest BCUT2D eigenvalue weighted by Crippen LogP contribution is 2.31. The standard InChI is InChI=1S/C11H9Br2NS/c12-8-3-1-7(2-4-8)10(14)11-9(13)5-6-15-11/h1-6,10H,14H2. The van der Waals surface area contributed by atoms with E-state index in [9.17, 15) is 0 Å². The minimum Gasteiger partial charge on any atom is -0.320 e. The van der Waals surface area contributed by atoms with Crippen molar-refractivity contribution in [3.63, 3.8) is 0 Å². The second-order valence-corrected chi connectivity index (χ2v) is 5.88. The van der Waals surface area contributed by atoms with E-state index in [1.54, 1.807) is 11.3 Å². The molecule has 1 atom stereocenters. The van der Waals surface area contributed by atoms with Crippen molar-refractivity contribution >= 4 is 43.2 Å². The summed E-state index contributed by atoms with van der Waals surface area (Å²) >= 11 is 8.58. The smallest absolute Gasteiger partial charge is 0.0657 e. The summed E-state index contributed by atoms with van der Waals surface area (Å²) in [5, 5.41) is 2.04. The van der Waals surface area contributed by atoms with Gasteiger partial charge in [0.05, 0.1) is 6.04 Å². The summed E-state index contributed by atoms with van der Waals surface area (Å²) < 4.78 is 2.16. The third-order valence-corrected chi connectivity index (χ3v) is 4.64. The fourth-order valence-corrected chi connectivity index (χ4v) is 3.26. The first-order valence-electron chi connectivity index (χ1n) is 4.42. The maximum Gasteiger partial charge on any atom is 0.0657 e. The van der Waals surface area contributed by atoms with Crippen LogP contribution < -0.4 is 5.73 Å². The van der Waals surface area contributed by atoms with Crippen molar-refractivity contribution < 1.29 is 0 Å². The minimum atomic E-state index is -0.0486. The number of hydrogen-bond donors (Lipinski definition) is 1. The quantitative estimate of drug-likeness (QED) is 0.860. The number of halogens is 2. The molecule has 0 saturated carbocycles. The van der Waals surface area contributed by atoms with Crippen LogP contribution in [0.25, 0.3) is 0 Å². The monoisotopic (exact) mass is 345 g/mol. The highest BCUT2D eigenvalue weighted by molar-refractivity contribution is 9.10. The van der Waals surface area contributed by atoms with E-state index in [1.165, 1.54) is 0 Å².